The predicted molar refractivity (Wildman–Crippen MR) is 112 cm³/mol. The number of nitrogens with two attached hydrogens (primary N) is 1. The first-order valence-corrected chi connectivity index (χ1v) is 9.36. The summed E-state index contributed by atoms with van der Waals surface area (Å²) >= 11 is 0. The molecule has 30 heavy (non-hydrogen) atoms. The molecule has 0 bridgehead atoms. The van der Waals surface area contributed by atoms with Crippen molar-refractivity contribution in [3.8, 4) is 0 Å². The van der Waals surface area contributed by atoms with Crippen LogP contribution in [0.2, 0.25) is 0 Å². The molecule has 0 spiro atoms. The van der Waals surface area contributed by atoms with E-state index in [1.807, 2.05) is 30.3 Å². The van der Waals surface area contributed by atoms with Gasteiger partial charge in [-0.05, 0) is 37.3 Å². The van der Waals surface area contributed by atoms with Crippen molar-refractivity contribution in [3.63, 3.8) is 0 Å². The van der Waals surface area contributed by atoms with E-state index in [2.05, 4.69) is 15.3 Å². The van der Waals surface area contributed by atoms with Gasteiger partial charge in [-0.3, -0.25) is 14.5 Å². The molecule has 2 heterocycles. The summed E-state index contributed by atoms with van der Waals surface area (Å²) in [5, 5.41) is 3.66. The van der Waals surface area contributed by atoms with Crippen LogP contribution in [-0.4, -0.2) is 34.7 Å². The van der Waals surface area contributed by atoms with Gasteiger partial charge in [0.25, 0.3) is 5.91 Å². The molecule has 7 nitrogen and oxygen atoms in total. The fraction of sp³-hybridized carbons (Fsp3) is 0.182. The number of halogens is 1. The van der Waals surface area contributed by atoms with Crippen LogP contribution in [0.5, 0.6) is 0 Å². The molecular formula is C22H20FN5O2. The quantitative estimate of drug-likeness (QED) is 0.699. The summed E-state index contributed by atoms with van der Waals surface area (Å²) in [6.45, 7) is 1.64. The van der Waals surface area contributed by atoms with Crippen molar-refractivity contribution < 1.29 is 14.0 Å². The summed E-state index contributed by atoms with van der Waals surface area (Å²) in [7, 11) is 1.52. The highest BCUT2D eigenvalue weighted by Gasteiger charge is 2.38. The summed E-state index contributed by atoms with van der Waals surface area (Å²) < 4.78 is 14.6. The molecule has 1 aromatic heterocycles. The van der Waals surface area contributed by atoms with Gasteiger partial charge in [0.1, 0.15) is 11.5 Å². The van der Waals surface area contributed by atoms with Gasteiger partial charge in [0.2, 0.25) is 5.91 Å². The fourth-order valence-electron chi connectivity index (χ4n) is 3.47. The fourth-order valence-corrected chi connectivity index (χ4v) is 3.47. The van der Waals surface area contributed by atoms with E-state index < -0.39 is 17.3 Å². The van der Waals surface area contributed by atoms with Crippen LogP contribution < -0.4 is 11.1 Å². The third-order valence-corrected chi connectivity index (χ3v) is 5.21. The topological polar surface area (TPSA) is 101 Å². The number of nitrogens with one attached hydrogen (secondary N) is 1. The third-order valence-electron chi connectivity index (χ3n) is 5.21. The molecule has 3 N–H and O–H groups in total. The molecule has 0 radical (unpaired) electrons. The van der Waals surface area contributed by atoms with E-state index >= 15 is 0 Å². The van der Waals surface area contributed by atoms with Crippen molar-refractivity contribution in [1.82, 2.24) is 9.88 Å². The molecule has 152 valence electrons. The number of guanidine groups is 1. The number of amides is 2. The molecule has 1 aliphatic rings. The largest absolute Gasteiger partial charge is 0.369 e. The second kappa shape index (κ2) is 7.22. The Balaban J connectivity index is 1.64. The number of hydrogen-bond acceptors (Lipinski definition) is 5. The molecule has 1 aliphatic heterocycles. The van der Waals surface area contributed by atoms with Crippen LogP contribution >= 0.6 is 0 Å². The Morgan fingerprint density at radius 3 is 2.73 bits per heavy atom. The van der Waals surface area contributed by atoms with Crippen molar-refractivity contribution in [3.05, 3.63) is 71.7 Å². The molecule has 8 heteroatoms. The maximum absolute atomic E-state index is 14.6. The smallest absolute Gasteiger partial charge is 0.274 e. The van der Waals surface area contributed by atoms with Gasteiger partial charge in [-0.15, -0.1) is 0 Å². The van der Waals surface area contributed by atoms with Gasteiger partial charge in [-0.25, -0.2) is 14.4 Å². The van der Waals surface area contributed by atoms with Crippen LogP contribution in [0.1, 0.15) is 29.4 Å². The predicted octanol–water partition coefficient (Wildman–Crippen LogP) is 3.02. The first-order chi connectivity index (χ1) is 14.3. The Hall–Kier alpha value is -3.81. The summed E-state index contributed by atoms with van der Waals surface area (Å²) in [4.78, 5) is 34.8. The first-order valence-electron chi connectivity index (χ1n) is 9.36. The Kier molecular flexibility index (Phi) is 4.69. The van der Waals surface area contributed by atoms with E-state index in [0.29, 0.717) is 11.2 Å². The molecule has 3 aromatic rings. The van der Waals surface area contributed by atoms with E-state index in [1.54, 1.807) is 13.0 Å². The number of para-hydroxylation sites is 1. The van der Waals surface area contributed by atoms with Crippen LogP contribution in [0.4, 0.5) is 10.1 Å². The van der Waals surface area contributed by atoms with Crippen molar-refractivity contribution in [2.24, 2.45) is 10.7 Å². The van der Waals surface area contributed by atoms with Crippen LogP contribution in [0, 0.1) is 5.82 Å². The zero-order valence-corrected chi connectivity index (χ0v) is 16.5. The molecule has 2 aromatic carbocycles. The molecule has 4 rings (SSSR count). The van der Waals surface area contributed by atoms with E-state index in [4.69, 9.17) is 5.73 Å². The van der Waals surface area contributed by atoms with Gasteiger partial charge < -0.3 is 11.1 Å². The Bertz CT molecular complexity index is 1210. The minimum atomic E-state index is -1.17. The van der Waals surface area contributed by atoms with Crippen LogP contribution in [0.25, 0.3) is 10.9 Å². The number of benzene rings is 2. The molecule has 0 aliphatic carbocycles. The number of carbonyl (C=O) groups excluding carboxylic acids is 2. The Morgan fingerprint density at radius 2 is 1.97 bits per heavy atom. The molecule has 0 saturated heterocycles. The monoisotopic (exact) mass is 405 g/mol. The molecule has 2 amide bonds. The van der Waals surface area contributed by atoms with Gasteiger partial charge in [0.15, 0.2) is 5.96 Å². The number of fused-ring (bicyclic) bond motifs is 1. The lowest BCUT2D eigenvalue weighted by atomic mass is 9.87. The summed E-state index contributed by atoms with van der Waals surface area (Å²) in [6.07, 6.45) is -0.0370. The van der Waals surface area contributed by atoms with Crippen molar-refractivity contribution in [1.29, 1.82) is 0 Å². The molecular weight excluding hydrogens is 385 g/mol. The highest BCUT2D eigenvalue weighted by Crippen LogP contribution is 2.35. The minimum absolute atomic E-state index is 0.0166. The molecule has 1 unspecified atom stereocenters. The van der Waals surface area contributed by atoms with Crippen LogP contribution in [-0.2, 0) is 10.3 Å². The SMILES string of the molecule is CN1C(=O)CC(C)(c2cc(NC(=O)c3ccc4ccccc4n3)ccc2F)N=C1N. The minimum Gasteiger partial charge on any atom is -0.369 e. The first kappa shape index (κ1) is 19.5. The highest BCUT2D eigenvalue weighted by atomic mass is 19.1. The number of pyridine rings is 1. The van der Waals surface area contributed by atoms with Crippen molar-refractivity contribution in [2.75, 3.05) is 12.4 Å². The average molecular weight is 405 g/mol. The van der Waals surface area contributed by atoms with Gasteiger partial charge in [0, 0.05) is 23.7 Å². The zero-order valence-electron chi connectivity index (χ0n) is 16.5. The second-order valence-electron chi connectivity index (χ2n) is 7.41. The van der Waals surface area contributed by atoms with Gasteiger partial charge >= 0.3 is 0 Å². The average Bonchev–Trinajstić information content (AvgIpc) is 2.73. The maximum atomic E-state index is 14.6. The summed E-state index contributed by atoms with van der Waals surface area (Å²) in [5.41, 5.74) is 6.14. The number of anilines is 1. The third kappa shape index (κ3) is 3.47. The number of rotatable bonds is 3. The van der Waals surface area contributed by atoms with E-state index in [9.17, 15) is 14.0 Å². The molecule has 0 saturated carbocycles. The Labute approximate surface area is 172 Å². The number of hydrogen-bond donors (Lipinski definition) is 2. The second-order valence-corrected chi connectivity index (χ2v) is 7.41. The van der Waals surface area contributed by atoms with Crippen LogP contribution in [0.3, 0.4) is 0 Å². The summed E-state index contributed by atoms with van der Waals surface area (Å²) in [6, 6.07) is 15.1. The summed E-state index contributed by atoms with van der Waals surface area (Å²) in [5.74, 6) is -1.21. The van der Waals surface area contributed by atoms with E-state index in [0.717, 1.165) is 5.39 Å². The zero-order chi connectivity index (χ0) is 21.5. The number of carbonyl (C=O) groups is 2. The highest BCUT2D eigenvalue weighted by molar-refractivity contribution is 6.04. The molecule has 0 fully saturated rings. The van der Waals surface area contributed by atoms with Crippen molar-refractivity contribution in [2.45, 2.75) is 18.9 Å². The van der Waals surface area contributed by atoms with Gasteiger partial charge in [0.05, 0.1) is 17.5 Å². The normalized spacial score (nSPS) is 19.0. The van der Waals surface area contributed by atoms with Crippen LogP contribution in [0.15, 0.2) is 59.6 Å². The number of nitrogens with zero attached hydrogens (tertiary/aromatic N) is 3. The van der Waals surface area contributed by atoms with E-state index in [1.165, 1.54) is 30.1 Å². The number of aliphatic imine (C=N–C) groups is 1. The van der Waals surface area contributed by atoms with Crippen molar-refractivity contribution >= 4 is 34.4 Å². The lowest BCUT2D eigenvalue weighted by Gasteiger charge is -2.34. The van der Waals surface area contributed by atoms with E-state index in [-0.39, 0.29) is 29.5 Å². The van der Waals surface area contributed by atoms with Gasteiger partial charge in [-0.1, -0.05) is 24.3 Å². The Morgan fingerprint density at radius 1 is 1.20 bits per heavy atom. The lowest BCUT2D eigenvalue weighted by molar-refractivity contribution is -0.128. The molecule has 1 atom stereocenters. The lowest BCUT2D eigenvalue weighted by Crippen LogP contribution is -2.47. The van der Waals surface area contributed by atoms with Gasteiger partial charge in [-0.2, -0.15) is 0 Å². The number of aromatic nitrogens is 1. The standard InChI is InChI=1S/C22H20FN5O2/c1-22(12-19(29)28(2)21(24)27-22)15-11-14(8-9-16(15)23)25-20(30)18-10-7-13-5-3-4-6-17(13)26-18/h3-11H,12H2,1-2H3,(H2,24,27)(H,25,30). The maximum Gasteiger partial charge on any atom is 0.274 e.